The van der Waals surface area contributed by atoms with E-state index >= 15 is 0 Å². The molecule has 1 fully saturated rings. The first-order valence-electron chi connectivity index (χ1n) is 10.1. The molecule has 1 N–H and O–H groups in total. The Balaban J connectivity index is 1.51. The van der Waals surface area contributed by atoms with E-state index in [0.717, 1.165) is 24.8 Å². The Bertz CT molecular complexity index is 984. The van der Waals surface area contributed by atoms with Crippen LogP contribution >= 0.6 is 0 Å². The van der Waals surface area contributed by atoms with Crippen molar-refractivity contribution in [3.8, 4) is 0 Å². The van der Waals surface area contributed by atoms with E-state index in [4.69, 9.17) is 4.74 Å². The Morgan fingerprint density at radius 2 is 1.79 bits per heavy atom. The van der Waals surface area contributed by atoms with E-state index in [-0.39, 0.29) is 23.3 Å². The quantitative estimate of drug-likeness (QED) is 0.815. The van der Waals surface area contributed by atoms with Crippen LogP contribution in [0.3, 0.4) is 0 Å². The van der Waals surface area contributed by atoms with E-state index in [9.17, 15) is 13.2 Å². The van der Waals surface area contributed by atoms with Crippen LogP contribution in [0.25, 0.3) is 0 Å². The van der Waals surface area contributed by atoms with Crippen LogP contribution in [0.15, 0.2) is 53.4 Å². The highest BCUT2D eigenvalue weighted by Crippen LogP contribution is 2.31. The number of fused-ring (bicyclic) bond motifs is 1. The number of hydrogen-bond acceptors (Lipinski definition) is 4. The van der Waals surface area contributed by atoms with Crippen molar-refractivity contribution < 1.29 is 17.9 Å². The van der Waals surface area contributed by atoms with Gasteiger partial charge in [-0.15, -0.1) is 0 Å². The average molecular weight is 415 g/mol. The summed E-state index contributed by atoms with van der Waals surface area (Å²) in [6.07, 6.45) is 2.80. The summed E-state index contributed by atoms with van der Waals surface area (Å²) in [6.45, 7) is 1.69. The normalized spacial score (nSPS) is 20.1. The van der Waals surface area contributed by atoms with Crippen molar-refractivity contribution in [3.63, 3.8) is 0 Å². The lowest BCUT2D eigenvalue weighted by molar-refractivity contribution is -0.123. The molecule has 2 aromatic rings. The summed E-state index contributed by atoms with van der Waals surface area (Å²) >= 11 is 0. The number of nitrogens with zero attached hydrogens (tertiary/aromatic N) is 1. The van der Waals surface area contributed by atoms with E-state index in [0.29, 0.717) is 31.9 Å². The van der Waals surface area contributed by atoms with Gasteiger partial charge < -0.3 is 10.1 Å². The number of hydrogen-bond donors (Lipinski definition) is 1. The zero-order chi connectivity index (χ0) is 20.3. The van der Waals surface area contributed by atoms with Gasteiger partial charge in [0, 0.05) is 19.6 Å². The van der Waals surface area contributed by atoms with Crippen LogP contribution in [0.5, 0.6) is 0 Å². The highest BCUT2D eigenvalue weighted by molar-refractivity contribution is 7.89. The van der Waals surface area contributed by atoms with Crippen molar-refractivity contribution in [1.82, 2.24) is 9.62 Å². The van der Waals surface area contributed by atoms with E-state index in [1.54, 1.807) is 24.3 Å². The fourth-order valence-electron chi connectivity index (χ4n) is 4.16. The van der Waals surface area contributed by atoms with E-state index in [1.165, 1.54) is 9.87 Å². The summed E-state index contributed by atoms with van der Waals surface area (Å²) in [5.74, 6) is -0.223. The molecule has 0 unspecified atom stereocenters. The van der Waals surface area contributed by atoms with Crippen molar-refractivity contribution in [2.75, 3.05) is 26.3 Å². The number of benzene rings is 2. The number of morpholine rings is 1. The fraction of sp³-hybridized carbons (Fsp3) is 0.409. The van der Waals surface area contributed by atoms with Crippen molar-refractivity contribution in [3.05, 3.63) is 65.2 Å². The molecule has 2 aromatic carbocycles. The minimum atomic E-state index is -3.61. The van der Waals surface area contributed by atoms with Crippen LogP contribution in [0.1, 0.15) is 35.4 Å². The Morgan fingerprint density at radius 3 is 2.62 bits per heavy atom. The molecule has 1 atom stereocenters. The number of aryl methyl sites for hydroxylation is 1. The largest absolute Gasteiger partial charge is 0.379 e. The predicted octanol–water partition coefficient (Wildman–Crippen LogP) is 2.44. The first-order valence-corrected chi connectivity index (χ1v) is 11.5. The summed E-state index contributed by atoms with van der Waals surface area (Å²) in [5.41, 5.74) is 2.93. The van der Waals surface area contributed by atoms with Gasteiger partial charge in [0.2, 0.25) is 15.9 Å². The maximum absolute atomic E-state index is 13.1. The van der Waals surface area contributed by atoms with Gasteiger partial charge in [0.05, 0.1) is 24.0 Å². The van der Waals surface area contributed by atoms with E-state index in [1.807, 2.05) is 18.2 Å². The van der Waals surface area contributed by atoms with Crippen molar-refractivity contribution in [2.45, 2.75) is 36.6 Å². The third-order valence-electron chi connectivity index (χ3n) is 5.70. The number of nitrogens with one attached hydrogen (secondary N) is 1. The number of amides is 1. The second-order valence-corrected chi connectivity index (χ2v) is 9.39. The molecule has 1 saturated heterocycles. The van der Waals surface area contributed by atoms with Crippen molar-refractivity contribution in [1.29, 1.82) is 0 Å². The second-order valence-electron chi connectivity index (χ2n) is 7.49. The Labute approximate surface area is 171 Å². The molecule has 1 amide bonds. The maximum atomic E-state index is 13.1. The lowest BCUT2D eigenvalue weighted by Gasteiger charge is -2.27. The van der Waals surface area contributed by atoms with Gasteiger partial charge in [0.1, 0.15) is 0 Å². The van der Waals surface area contributed by atoms with Gasteiger partial charge in [0.25, 0.3) is 0 Å². The van der Waals surface area contributed by atoms with Gasteiger partial charge in [-0.05, 0) is 42.0 Å². The smallest absolute Gasteiger partial charge is 0.243 e. The third kappa shape index (κ3) is 4.22. The molecule has 6 nitrogen and oxygen atoms in total. The SMILES string of the molecule is O=C(NCc1ccccc1S(=O)(=O)N1CCOCC1)[C@H]1CCCc2ccccc21. The third-order valence-corrected chi connectivity index (χ3v) is 7.70. The molecule has 0 spiro atoms. The number of carbonyl (C=O) groups excluding carboxylic acids is 1. The zero-order valence-electron chi connectivity index (χ0n) is 16.3. The molecule has 1 aliphatic heterocycles. The Hall–Kier alpha value is -2.22. The molecule has 4 rings (SSSR count). The summed E-state index contributed by atoms with van der Waals surface area (Å²) in [5, 5.41) is 2.98. The average Bonchev–Trinajstić information content (AvgIpc) is 2.78. The molecule has 0 aromatic heterocycles. The highest BCUT2D eigenvalue weighted by Gasteiger charge is 2.29. The minimum Gasteiger partial charge on any atom is -0.379 e. The zero-order valence-corrected chi connectivity index (χ0v) is 17.2. The Morgan fingerprint density at radius 1 is 1.07 bits per heavy atom. The van der Waals surface area contributed by atoms with Gasteiger partial charge in [-0.3, -0.25) is 4.79 Å². The molecular formula is C22H26N2O4S. The van der Waals surface area contributed by atoms with E-state index in [2.05, 4.69) is 11.4 Å². The number of sulfonamides is 1. The first-order chi connectivity index (χ1) is 14.1. The topological polar surface area (TPSA) is 75.7 Å². The molecule has 0 bridgehead atoms. The summed E-state index contributed by atoms with van der Waals surface area (Å²) < 4.78 is 32.9. The number of ether oxygens (including phenoxy) is 1. The molecule has 2 aliphatic rings. The minimum absolute atomic E-state index is 0.0456. The molecule has 1 heterocycles. The molecule has 0 radical (unpaired) electrons. The fourth-order valence-corrected chi connectivity index (χ4v) is 5.79. The summed E-state index contributed by atoms with van der Waals surface area (Å²) in [6, 6.07) is 15.0. The Kier molecular flexibility index (Phi) is 5.99. The highest BCUT2D eigenvalue weighted by atomic mass is 32.2. The van der Waals surface area contributed by atoms with E-state index < -0.39 is 10.0 Å². The molecule has 7 heteroatoms. The summed E-state index contributed by atoms with van der Waals surface area (Å²) in [7, 11) is -3.61. The predicted molar refractivity (Wildman–Crippen MR) is 110 cm³/mol. The van der Waals surface area contributed by atoms with Gasteiger partial charge in [-0.25, -0.2) is 8.42 Å². The number of rotatable bonds is 5. The molecule has 154 valence electrons. The lowest BCUT2D eigenvalue weighted by atomic mass is 9.82. The van der Waals surface area contributed by atoms with Gasteiger partial charge >= 0.3 is 0 Å². The van der Waals surface area contributed by atoms with Gasteiger partial charge in [-0.1, -0.05) is 42.5 Å². The van der Waals surface area contributed by atoms with Crippen LogP contribution in [0, 0.1) is 0 Å². The van der Waals surface area contributed by atoms with Crippen molar-refractivity contribution >= 4 is 15.9 Å². The molecule has 0 saturated carbocycles. The molecule has 29 heavy (non-hydrogen) atoms. The van der Waals surface area contributed by atoms with Crippen LogP contribution in [0.2, 0.25) is 0 Å². The first kappa shape index (κ1) is 20.1. The molecular weight excluding hydrogens is 388 g/mol. The molecule has 1 aliphatic carbocycles. The lowest BCUT2D eigenvalue weighted by Crippen LogP contribution is -2.41. The summed E-state index contributed by atoms with van der Waals surface area (Å²) in [4.78, 5) is 13.2. The number of carbonyl (C=O) groups is 1. The van der Waals surface area contributed by atoms with Gasteiger partial charge in [-0.2, -0.15) is 4.31 Å². The van der Waals surface area contributed by atoms with Crippen LogP contribution < -0.4 is 5.32 Å². The maximum Gasteiger partial charge on any atom is 0.243 e. The van der Waals surface area contributed by atoms with Crippen molar-refractivity contribution in [2.24, 2.45) is 0 Å². The standard InChI is InChI=1S/C22H26N2O4S/c25-22(20-10-5-8-17-6-1-3-9-19(17)20)23-16-18-7-2-4-11-21(18)29(26,27)24-12-14-28-15-13-24/h1-4,6-7,9,11,20H,5,8,10,12-16H2,(H,23,25)/t20-/m0/s1. The van der Waals surface area contributed by atoms with Crippen LogP contribution in [-0.2, 0) is 32.5 Å². The second kappa shape index (κ2) is 8.65. The monoisotopic (exact) mass is 414 g/mol. The van der Waals surface area contributed by atoms with Crippen LogP contribution in [0.4, 0.5) is 0 Å². The van der Waals surface area contributed by atoms with Crippen LogP contribution in [-0.4, -0.2) is 44.9 Å². The van der Waals surface area contributed by atoms with Gasteiger partial charge in [0.15, 0.2) is 0 Å².